The van der Waals surface area contributed by atoms with Crippen molar-refractivity contribution in [1.82, 2.24) is 0 Å². The molecule has 2 radical (unpaired) electrons. The van der Waals surface area contributed by atoms with Crippen molar-refractivity contribution in [2.75, 3.05) is 19.0 Å². The predicted octanol–water partition coefficient (Wildman–Crippen LogP) is 3.62. The van der Waals surface area contributed by atoms with Gasteiger partial charge in [-0.25, -0.2) is 0 Å². The Hall–Kier alpha value is -2.00. The average molecular weight is 338 g/mol. The molecule has 3 heteroatoms. The highest BCUT2D eigenvalue weighted by Crippen LogP contribution is 2.27. The minimum absolute atomic E-state index is 0.227. The molecule has 2 aromatic carbocycles. The van der Waals surface area contributed by atoms with Crippen LogP contribution in [0.1, 0.15) is 33.3 Å². The summed E-state index contributed by atoms with van der Waals surface area (Å²) in [4.78, 5) is 2.11. The van der Waals surface area contributed by atoms with Crippen molar-refractivity contribution >= 4 is 31.2 Å². The summed E-state index contributed by atoms with van der Waals surface area (Å²) in [6.07, 6.45) is 0. The van der Waals surface area contributed by atoms with Crippen LogP contribution in [-0.4, -0.2) is 29.2 Å². The van der Waals surface area contributed by atoms with Gasteiger partial charge in [0.05, 0.1) is 5.69 Å². The van der Waals surface area contributed by atoms with Crippen LogP contribution in [-0.2, 0) is 0 Å². The van der Waals surface area contributed by atoms with Gasteiger partial charge >= 0.3 is 0 Å². The average Bonchev–Trinajstić information content (AvgIpc) is 2.47. The highest BCUT2D eigenvalue weighted by molar-refractivity contribution is 6.68. The van der Waals surface area contributed by atoms with Crippen LogP contribution in [0.2, 0.25) is 0 Å². The number of hydrogen-bond acceptors (Lipinski definition) is 2. The third-order valence-electron chi connectivity index (χ3n) is 3.54. The second-order valence-electron chi connectivity index (χ2n) is 7.25. The van der Waals surface area contributed by atoms with E-state index in [9.17, 15) is 0 Å². The van der Waals surface area contributed by atoms with Crippen LogP contribution in [0.3, 0.4) is 0 Å². The molecular formula is C21H27NOSi. The molecule has 0 fully saturated rings. The fourth-order valence-electron chi connectivity index (χ4n) is 2.38. The van der Waals surface area contributed by atoms with Crippen LogP contribution in [0.5, 0.6) is 5.75 Å². The highest BCUT2D eigenvalue weighted by atomic mass is 28.2. The Labute approximate surface area is 149 Å². The summed E-state index contributed by atoms with van der Waals surface area (Å²) < 4.78 is 6.31. The van der Waals surface area contributed by atoms with Gasteiger partial charge in [-0.05, 0) is 44.5 Å². The summed E-state index contributed by atoms with van der Waals surface area (Å²) in [7, 11) is 4.67. The van der Waals surface area contributed by atoms with E-state index in [0.717, 1.165) is 17.0 Å². The largest absolute Gasteiger partial charge is 0.486 e. The van der Waals surface area contributed by atoms with Crippen molar-refractivity contribution in [2.24, 2.45) is 0 Å². The third-order valence-corrected chi connectivity index (χ3v) is 4.83. The minimum Gasteiger partial charge on any atom is -0.486 e. The van der Waals surface area contributed by atoms with Gasteiger partial charge in [0.25, 0.3) is 0 Å². The van der Waals surface area contributed by atoms with Crippen molar-refractivity contribution < 1.29 is 4.74 Å². The molecule has 0 aliphatic heterocycles. The zero-order valence-corrected chi connectivity index (χ0v) is 16.6. The molecule has 0 N–H and O–H groups in total. The van der Waals surface area contributed by atoms with Crippen LogP contribution in [0, 0.1) is 0 Å². The zero-order valence-electron chi connectivity index (χ0n) is 15.6. The maximum atomic E-state index is 6.31. The fraction of sp³-hybridized carbons (Fsp3) is 0.333. The van der Waals surface area contributed by atoms with Crippen molar-refractivity contribution in [3.05, 3.63) is 54.6 Å². The van der Waals surface area contributed by atoms with Gasteiger partial charge in [-0.1, -0.05) is 53.7 Å². The Morgan fingerprint density at radius 3 is 2.17 bits per heavy atom. The maximum absolute atomic E-state index is 6.31. The van der Waals surface area contributed by atoms with Crippen LogP contribution in [0.4, 0.5) is 5.69 Å². The quantitative estimate of drug-likeness (QED) is 0.773. The monoisotopic (exact) mass is 337 g/mol. The molecule has 126 valence electrons. The molecule has 0 aliphatic rings. The Morgan fingerprint density at radius 2 is 1.67 bits per heavy atom. The topological polar surface area (TPSA) is 12.5 Å². The van der Waals surface area contributed by atoms with E-state index in [2.05, 4.69) is 88.8 Å². The summed E-state index contributed by atoms with van der Waals surface area (Å²) in [5, 5.41) is 2.54. The number of hydrogen-bond donors (Lipinski definition) is 0. The van der Waals surface area contributed by atoms with Crippen LogP contribution in [0.15, 0.2) is 49.0 Å². The first-order valence-corrected chi connectivity index (χ1v) is 9.20. The lowest BCUT2D eigenvalue weighted by atomic mass is 10.1. The molecule has 0 amide bonds. The smallest absolute Gasteiger partial charge is 0.142 e. The predicted molar refractivity (Wildman–Crippen MR) is 107 cm³/mol. The molecule has 0 aliphatic carbocycles. The van der Waals surface area contributed by atoms with Gasteiger partial charge in [-0.15, -0.1) is 0 Å². The van der Waals surface area contributed by atoms with E-state index < -0.39 is 0 Å². The van der Waals surface area contributed by atoms with E-state index in [-0.39, 0.29) is 5.60 Å². The van der Waals surface area contributed by atoms with E-state index in [0.29, 0.717) is 9.52 Å². The van der Waals surface area contributed by atoms with Crippen molar-refractivity contribution in [1.29, 1.82) is 0 Å². The lowest BCUT2D eigenvalue weighted by Gasteiger charge is -2.27. The van der Waals surface area contributed by atoms with Crippen LogP contribution >= 0.6 is 0 Å². The summed E-state index contributed by atoms with van der Waals surface area (Å²) >= 11 is 0. The van der Waals surface area contributed by atoms with Crippen molar-refractivity contribution in [3.8, 4) is 5.75 Å². The van der Waals surface area contributed by atoms with Gasteiger partial charge in [0.15, 0.2) is 0 Å². The molecule has 0 bridgehead atoms. The first-order valence-electron chi connectivity index (χ1n) is 8.20. The molecule has 0 spiro atoms. The van der Waals surface area contributed by atoms with Crippen LogP contribution in [0.25, 0.3) is 5.57 Å². The van der Waals surface area contributed by atoms with E-state index >= 15 is 0 Å². The molecule has 0 heterocycles. The maximum Gasteiger partial charge on any atom is 0.142 e. The van der Waals surface area contributed by atoms with E-state index in [1.165, 1.54) is 15.9 Å². The Morgan fingerprint density at radius 1 is 1.04 bits per heavy atom. The Bertz CT molecular complexity index is 712. The van der Waals surface area contributed by atoms with E-state index in [1.54, 1.807) is 0 Å². The summed E-state index contributed by atoms with van der Waals surface area (Å²) in [5.41, 5.74) is 3.18. The number of benzene rings is 2. The van der Waals surface area contributed by atoms with Gasteiger partial charge in [-0.2, -0.15) is 0 Å². The van der Waals surface area contributed by atoms with Gasteiger partial charge in [0.2, 0.25) is 0 Å². The molecule has 0 aromatic heterocycles. The normalized spacial score (nSPS) is 11.2. The number of rotatable bonds is 5. The summed E-state index contributed by atoms with van der Waals surface area (Å²) in [6.45, 7) is 12.3. The zero-order chi connectivity index (χ0) is 17.9. The molecule has 2 rings (SSSR count). The van der Waals surface area contributed by atoms with E-state index in [4.69, 9.17) is 4.74 Å². The second-order valence-corrected chi connectivity index (χ2v) is 8.61. The Balaban J connectivity index is 2.38. The molecule has 0 atom stereocenters. The fourth-order valence-corrected chi connectivity index (χ4v) is 3.50. The number of allylic oxidation sites excluding steroid dienone is 1. The SMILES string of the molecule is C=C(C)c1ccc([Si]c2cccc(N(C)C)c2OC(C)(C)C)cc1. The van der Waals surface area contributed by atoms with Crippen molar-refractivity contribution in [2.45, 2.75) is 33.3 Å². The lowest BCUT2D eigenvalue weighted by molar-refractivity contribution is 0.133. The molecule has 24 heavy (non-hydrogen) atoms. The molecule has 2 nitrogen and oxygen atoms in total. The van der Waals surface area contributed by atoms with Crippen LogP contribution < -0.4 is 20.0 Å². The standard InChI is InChI=1S/C21H27NOSi/c1-15(2)16-11-13-17(14-12-16)24-19-10-8-9-18(22(6)7)20(19)23-21(3,4)5/h8-14H,1H2,2-7H3. The van der Waals surface area contributed by atoms with Gasteiger partial charge < -0.3 is 9.64 Å². The first-order chi connectivity index (χ1) is 11.2. The van der Waals surface area contributed by atoms with Gasteiger partial charge in [-0.3, -0.25) is 0 Å². The molecule has 2 aromatic rings. The molecule has 0 saturated heterocycles. The number of nitrogens with zero attached hydrogens (tertiary/aromatic N) is 1. The van der Waals surface area contributed by atoms with E-state index in [1.807, 2.05) is 6.92 Å². The number of anilines is 1. The summed E-state index contributed by atoms with van der Waals surface area (Å²) in [5.74, 6) is 0.984. The Kier molecular flexibility index (Phi) is 5.55. The third kappa shape index (κ3) is 4.75. The minimum atomic E-state index is -0.227. The second kappa shape index (κ2) is 7.26. The number of ether oxygens (including phenoxy) is 1. The molecular weight excluding hydrogens is 310 g/mol. The van der Waals surface area contributed by atoms with Gasteiger partial charge in [0, 0.05) is 14.1 Å². The highest BCUT2D eigenvalue weighted by Gasteiger charge is 2.19. The van der Waals surface area contributed by atoms with Gasteiger partial charge in [0.1, 0.15) is 20.9 Å². The molecule has 0 saturated carbocycles. The van der Waals surface area contributed by atoms with Crippen molar-refractivity contribution in [3.63, 3.8) is 0 Å². The lowest BCUT2D eigenvalue weighted by Crippen LogP contribution is -2.33. The number of para-hydroxylation sites is 1. The molecule has 0 unspecified atom stereocenters. The first kappa shape index (κ1) is 18.3. The summed E-state index contributed by atoms with van der Waals surface area (Å²) in [6, 6.07) is 15.0.